The SMILES string of the molecule is CCCO[SiH2]OCCC.[HH]. The van der Waals surface area contributed by atoms with E-state index in [2.05, 4.69) is 13.8 Å². The van der Waals surface area contributed by atoms with Gasteiger partial charge in [-0.15, -0.1) is 0 Å². The summed E-state index contributed by atoms with van der Waals surface area (Å²) in [7, 11) is -0.611. The van der Waals surface area contributed by atoms with Crippen LogP contribution >= 0.6 is 0 Å². The molecule has 0 atom stereocenters. The standard InChI is InChI=1S/C6H16O2Si.H2/c1-3-5-7-9-8-6-4-2;/h3-6,9H2,1-2H3;1H. The smallest absolute Gasteiger partial charge is 0.304 e. The molecule has 2 nitrogen and oxygen atoms in total. The van der Waals surface area contributed by atoms with Crippen LogP contribution in [0.5, 0.6) is 0 Å². The first-order chi connectivity index (χ1) is 4.41. The van der Waals surface area contributed by atoms with Crippen LogP contribution in [0.4, 0.5) is 0 Å². The first-order valence-corrected chi connectivity index (χ1v) is 4.72. The van der Waals surface area contributed by atoms with Crippen LogP contribution in [0.1, 0.15) is 28.1 Å². The van der Waals surface area contributed by atoms with Crippen LogP contribution in [-0.2, 0) is 8.85 Å². The fraction of sp³-hybridized carbons (Fsp3) is 1.00. The lowest BCUT2D eigenvalue weighted by Gasteiger charge is -2.00. The second-order valence-corrected chi connectivity index (χ2v) is 2.99. The molecule has 0 heterocycles. The van der Waals surface area contributed by atoms with Crippen LogP contribution in [0.15, 0.2) is 0 Å². The van der Waals surface area contributed by atoms with Crippen LogP contribution < -0.4 is 0 Å². The second kappa shape index (κ2) is 8.14. The average molecular weight is 150 g/mol. The van der Waals surface area contributed by atoms with Crippen molar-refractivity contribution >= 4 is 10.0 Å². The molecule has 0 amide bonds. The van der Waals surface area contributed by atoms with Gasteiger partial charge in [0.25, 0.3) is 0 Å². The fourth-order valence-electron chi connectivity index (χ4n) is 0.465. The largest absolute Gasteiger partial charge is 0.399 e. The van der Waals surface area contributed by atoms with Crippen molar-refractivity contribution in [1.82, 2.24) is 0 Å². The van der Waals surface area contributed by atoms with Crippen molar-refractivity contribution in [3.8, 4) is 0 Å². The van der Waals surface area contributed by atoms with Gasteiger partial charge in [-0.05, 0) is 12.8 Å². The van der Waals surface area contributed by atoms with Gasteiger partial charge in [0.05, 0.1) is 0 Å². The summed E-state index contributed by atoms with van der Waals surface area (Å²) in [5.74, 6) is 0. The number of hydrogen-bond donors (Lipinski definition) is 0. The van der Waals surface area contributed by atoms with Crippen molar-refractivity contribution in [2.75, 3.05) is 13.2 Å². The lowest BCUT2D eigenvalue weighted by atomic mass is 10.5. The van der Waals surface area contributed by atoms with E-state index in [9.17, 15) is 0 Å². The fourth-order valence-corrected chi connectivity index (χ4v) is 1.40. The molecule has 0 bridgehead atoms. The molecule has 9 heavy (non-hydrogen) atoms. The molecule has 0 saturated heterocycles. The Morgan fingerprint density at radius 2 is 1.56 bits per heavy atom. The zero-order chi connectivity index (χ0) is 6.95. The maximum Gasteiger partial charge on any atom is 0.304 e. The summed E-state index contributed by atoms with van der Waals surface area (Å²) in [6, 6.07) is 0. The molecular weight excluding hydrogens is 132 g/mol. The summed E-state index contributed by atoms with van der Waals surface area (Å²) in [5.41, 5.74) is 0. The van der Waals surface area contributed by atoms with E-state index in [1.807, 2.05) is 0 Å². The normalized spacial score (nSPS) is 10.0. The summed E-state index contributed by atoms with van der Waals surface area (Å²) >= 11 is 0. The molecule has 0 aromatic carbocycles. The van der Waals surface area contributed by atoms with Crippen LogP contribution in [0.2, 0.25) is 0 Å². The van der Waals surface area contributed by atoms with Gasteiger partial charge >= 0.3 is 10.0 Å². The summed E-state index contributed by atoms with van der Waals surface area (Å²) in [5, 5.41) is 0. The third kappa shape index (κ3) is 8.14. The third-order valence-electron chi connectivity index (χ3n) is 0.864. The topological polar surface area (TPSA) is 18.5 Å². The monoisotopic (exact) mass is 150 g/mol. The van der Waals surface area contributed by atoms with Crippen molar-refractivity contribution < 1.29 is 10.3 Å². The van der Waals surface area contributed by atoms with E-state index in [1.54, 1.807) is 0 Å². The number of hydrogen-bond acceptors (Lipinski definition) is 2. The first-order valence-electron chi connectivity index (χ1n) is 3.57. The Bertz CT molecular complexity index is 49.0. The van der Waals surface area contributed by atoms with Crippen LogP contribution in [-0.4, -0.2) is 23.2 Å². The van der Waals surface area contributed by atoms with Crippen molar-refractivity contribution in [3.05, 3.63) is 0 Å². The molecule has 0 aromatic heterocycles. The summed E-state index contributed by atoms with van der Waals surface area (Å²) in [4.78, 5) is 0. The van der Waals surface area contributed by atoms with E-state index >= 15 is 0 Å². The van der Waals surface area contributed by atoms with E-state index in [-0.39, 0.29) is 1.43 Å². The predicted molar refractivity (Wildman–Crippen MR) is 43.1 cm³/mol. The lowest BCUT2D eigenvalue weighted by molar-refractivity contribution is 0.222. The minimum absolute atomic E-state index is 0. The Hall–Kier alpha value is 0.137. The molecule has 0 fully saturated rings. The molecule has 0 saturated carbocycles. The molecule has 3 heteroatoms. The van der Waals surface area contributed by atoms with Gasteiger partial charge < -0.3 is 8.85 Å². The van der Waals surface area contributed by atoms with Gasteiger partial charge in [-0.25, -0.2) is 0 Å². The predicted octanol–water partition coefficient (Wildman–Crippen LogP) is 1.08. The van der Waals surface area contributed by atoms with E-state index in [1.165, 1.54) is 0 Å². The molecule has 0 aliphatic carbocycles. The Morgan fingerprint density at radius 3 is 1.89 bits per heavy atom. The van der Waals surface area contributed by atoms with Gasteiger partial charge in [-0.3, -0.25) is 0 Å². The Labute approximate surface area is 61.1 Å². The minimum atomic E-state index is -0.611. The van der Waals surface area contributed by atoms with Crippen molar-refractivity contribution in [1.29, 1.82) is 0 Å². The third-order valence-corrected chi connectivity index (χ3v) is 1.77. The highest BCUT2D eigenvalue weighted by Gasteiger charge is 1.85. The molecule has 0 spiro atoms. The van der Waals surface area contributed by atoms with Gasteiger partial charge in [0.1, 0.15) is 0 Å². The average Bonchev–Trinajstić information content (AvgIpc) is 1.89. The lowest BCUT2D eigenvalue weighted by Crippen LogP contribution is -2.05. The zero-order valence-electron chi connectivity index (χ0n) is 6.35. The van der Waals surface area contributed by atoms with E-state index in [4.69, 9.17) is 8.85 Å². The summed E-state index contributed by atoms with van der Waals surface area (Å²) in [6.45, 7) is 5.95. The molecule has 0 aliphatic rings. The quantitative estimate of drug-likeness (QED) is 0.417. The van der Waals surface area contributed by atoms with Crippen LogP contribution in [0.3, 0.4) is 0 Å². The molecule has 0 rings (SSSR count). The molecular formula is C6H18O2Si. The van der Waals surface area contributed by atoms with Crippen molar-refractivity contribution in [2.45, 2.75) is 26.7 Å². The highest BCUT2D eigenvalue weighted by molar-refractivity contribution is 6.17. The molecule has 0 radical (unpaired) electrons. The van der Waals surface area contributed by atoms with E-state index in [0.717, 1.165) is 26.1 Å². The van der Waals surface area contributed by atoms with Gasteiger partial charge in [0, 0.05) is 14.6 Å². The van der Waals surface area contributed by atoms with Crippen molar-refractivity contribution in [3.63, 3.8) is 0 Å². The second-order valence-electron chi connectivity index (χ2n) is 1.93. The van der Waals surface area contributed by atoms with Crippen LogP contribution in [0, 0.1) is 0 Å². The minimum Gasteiger partial charge on any atom is -0.399 e. The van der Waals surface area contributed by atoms with Gasteiger partial charge in [0.15, 0.2) is 0 Å². The highest BCUT2D eigenvalue weighted by Crippen LogP contribution is 1.81. The maximum absolute atomic E-state index is 5.20. The Balaban J connectivity index is 0. The van der Waals surface area contributed by atoms with Crippen LogP contribution in [0.25, 0.3) is 0 Å². The van der Waals surface area contributed by atoms with Gasteiger partial charge in [-0.2, -0.15) is 0 Å². The Kier molecular flexibility index (Phi) is 8.26. The Morgan fingerprint density at radius 1 is 1.11 bits per heavy atom. The summed E-state index contributed by atoms with van der Waals surface area (Å²) in [6.07, 6.45) is 2.20. The maximum atomic E-state index is 5.20. The number of rotatable bonds is 6. The molecule has 0 N–H and O–H groups in total. The van der Waals surface area contributed by atoms with E-state index in [0.29, 0.717) is 0 Å². The van der Waals surface area contributed by atoms with Gasteiger partial charge in [-0.1, -0.05) is 13.8 Å². The summed E-state index contributed by atoms with van der Waals surface area (Å²) < 4.78 is 10.4. The van der Waals surface area contributed by atoms with Gasteiger partial charge in [0.2, 0.25) is 0 Å². The molecule has 0 aliphatic heterocycles. The van der Waals surface area contributed by atoms with Crippen molar-refractivity contribution in [2.24, 2.45) is 0 Å². The highest BCUT2D eigenvalue weighted by atomic mass is 28.3. The molecule has 0 unspecified atom stereocenters. The first kappa shape index (κ1) is 9.14. The zero-order valence-corrected chi connectivity index (χ0v) is 7.77. The van der Waals surface area contributed by atoms with E-state index < -0.39 is 10.0 Å². The molecule has 58 valence electrons. The molecule has 0 aromatic rings.